The van der Waals surface area contributed by atoms with Crippen LogP contribution in [-0.4, -0.2) is 51.4 Å². The van der Waals surface area contributed by atoms with Crippen molar-refractivity contribution < 1.29 is 29.0 Å². The Morgan fingerprint density at radius 1 is 1.08 bits per heavy atom. The van der Waals surface area contributed by atoms with E-state index in [9.17, 15) is 14.4 Å². The molecule has 0 unspecified atom stereocenters. The lowest BCUT2D eigenvalue weighted by atomic mass is 10.2. The number of amides is 2. The number of guanidine groups is 1. The number of carboxylic acids is 1. The topological polar surface area (TPSA) is 129 Å². The van der Waals surface area contributed by atoms with Gasteiger partial charge in [0.25, 0.3) is 0 Å². The van der Waals surface area contributed by atoms with Crippen LogP contribution in [-0.2, 0) is 14.3 Å². The van der Waals surface area contributed by atoms with Crippen LogP contribution >= 0.6 is 0 Å². The highest BCUT2D eigenvalue weighted by atomic mass is 16.6. The van der Waals surface area contributed by atoms with Gasteiger partial charge < -0.3 is 14.6 Å². The van der Waals surface area contributed by atoms with Gasteiger partial charge in [0, 0.05) is 0 Å². The molecule has 9 nitrogen and oxygen atoms in total. The summed E-state index contributed by atoms with van der Waals surface area (Å²) in [7, 11) is 0. The number of carboxylic acid groups (broad SMARTS) is 1. The Morgan fingerprint density at radius 2 is 1.54 bits per heavy atom. The van der Waals surface area contributed by atoms with E-state index in [1.165, 1.54) is 6.92 Å². The second kappa shape index (κ2) is 7.98. The standard InChI is InChI=1S/C15H27N3O6/c1-9(8-10(19)20)18(13(22)24-15(5,6)7)11(16)17-12(21)23-14(2,3)4/h9H,8H2,1-7H3,(H,19,20)(H2,16,17,21)/t9-/m0/s1. The van der Waals surface area contributed by atoms with Crippen LogP contribution in [0.15, 0.2) is 0 Å². The molecule has 2 amide bonds. The van der Waals surface area contributed by atoms with E-state index in [1.54, 1.807) is 41.5 Å². The third kappa shape index (κ3) is 8.96. The Balaban J connectivity index is 5.23. The largest absolute Gasteiger partial charge is 0.481 e. The molecule has 0 aliphatic carbocycles. The van der Waals surface area contributed by atoms with Crippen molar-refractivity contribution in [3.63, 3.8) is 0 Å². The molecule has 0 aliphatic heterocycles. The molecule has 1 atom stereocenters. The average Bonchev–Trinajstić information content (AvgIpc) is 2.20. The predicted molar refractivity (Wildman–Crippen MR) is 86.9 cm³/mol. The summed E-state index contributed by atoms with van der Waals surface area (Å²) in [4.78, 5) is 35.7. The summed E-state index contributed by atoms with van der Waals surface area (Å²) >= 11 is 0. The molecule has 0 radical (unpaired) electrons. The molecule has 0 aromatic rings. The van der Waals surface area contributed by atoms with Crippen LogP contribution in [0.1, 0.15) is 54.9 Å². The summed E-state index contributed by atoms with van der Waals surface area (Å²) in [5.41, 5.74) is -1.63. The van der Waals surface area contributed by atoms with Crippen molar-refractivity contribution in [2.24, 2.45) is 0 Å². The first kappa shape index (κ1) is 21.7. The molecule has 0 aromatic heterocycles. The second-order valence-electron chi connectivity index (χ2n) is 7.27. The third-order valence-corrected chi connectivity index (χ3v) is 2.36. The van der Waals surface area contributed by atoms with E-state index in [1.807, 2.05) is 0 Å². The lowest BCUT2D eigenvalue weighted by molar-refractivity contribution is -0.137. The number of hydrogen-bond donors (Lipinski definition) is 3. The van der Waals surface area contributed by atoms with E-state index < -0.39 is 47.8 Å². The number of nitrogens with zero attached hydrogens (tertiary/aromatic N) is 1. The summed E-state index contributed by atoms with van der Waals surface area (Å²) in [5, 5.41) is 18.9. The summed E-state index contributed by atoms with van der Waals surface area (Å²) in [6, 6.07) is -0.903. The fourth-order valence-electron chi connectivity index (χ4n) is 1.61. The molecule has 0 saturated heterocycles. The van der Waals surface area contributed by atoms with Crippen molar-refractivity contribution in [2.45, 2.75) is 72.1 Å². The van der Waals surface area contributed by atoms with Crippen LogP contribution < -0.4 is 5.32 Å². The molecule has 24 heavy (non-hydrogen) atoms. The van der Waals surface area contributed by atoms with Crippen LogP contribution in [0.5, 0.6) is 0 Å². The molecular formula is C15H27N3O6. The maximum Gasteiger partial charge on any atom is 0.417 e. The normalized spacial score (nSPS) is 12.8. The SMILES string of the molecule is C[C@@H](CC(=O)O)N(C(=N)NC(=O)OC(C)(C)C)C(=O)OC(C)(C)C. The molecule has 138 valence electrons. The average molecular weight is 345 g/mol. The van der Waals surface area contributed by atoms with Gasteiger partial charge in [0.15, 0.2) is 0 Å². The number of rotatable bonds is 3. The number of carbonyl (C=O) groups excluding carboxylic acids is 2. The van der Waals surface area contributed by atoms with Crippen LogP contribution in [0.2, 0.25) is 0 Å². The highest BCUT2D eigenvalue weighted by molar-refractivity contribution is 6.00. The number of carbonyl (C=O) groups is 3. The molecular weight excluding hydrogens is 318 g/mol. The van der Waals surface area contributed by atoms with Gasteiger partial charge in [-0.1, -0.05) is 0 Å². The number of ether oxygens (including phenoxy) is 2. The highest BCUT2D eigenvalue weighted by Gasteiger charge is 2.32. The van der Waals surface area contributed by atoms with Crippen molar-refractivity contribution in [2.75, 3.05) is 0 Å². The molecule has 0 bridgehead atoms. The molecule has 0 fully saturated rings. The molecule has 0 heterocycles. The van der Waals surface area contributed by atoms with Crippen molar-refractivity contribution in [1.29, 1.82) is 5.41 Å². The summed E-state index contributed by atoms with van der Waals surface area (Å²) in [6.45, 7) is 11.3. The van der Waals surface area contributed by atoms with Gasteiger partial charge in [-0.05, 0) is 48.5 Å². The predicted octanol–water partition coefficient (Wildman–Crippen LogP) is 2.55. The first-order chi connectivity index (χ1) is 10.6. The maximum atomic E-state index is 12.3. The Morgan fingerprint density at radius 3 is 1.92 bits per heavy atom. The van der Waals surface area contributed by atoms with E-state index in [-0.39, 0.29) is 0 Å². The van der Waals surface area contributed by atoms with Crippen molar-refractivity contribution in [1.82, 2.24) is 10.2 Å². The van der Waals surface area contributed by atoms with Gasteiger partial charge in [0.05, 0.1) is 12.5 Å². The van der Waals surface area contributed by atoms with Gasteiger partial charge in [0.1, 0.15) is 11.2 Å². The van der Waals surface area contributed by atoms with E-state index >= 15 is 0 Å². The Labute approximate surface area is 141 Å². The van der Waals surface area contributed by atoms with Crippen LogP contribution in [0.4, 0.5) is 9.59 Å². The minimum Gasteiger partial charge on any atom is -0.481 e. The van der Waals surface area contributed by atoms with Gasteiger partial charge in [-0.15, -0.1) is 0 Å². The summed E-state index contributed by atoms with van der Waals surface area (Å²) in [6.07, 6.45) is -2.28. The quantitative estimate of drug-likeness (QED) is 0.532. The van der Waals surface area contributed by atoms with Gasteiger partial charge in [-0.3, -0.25) is 15.5 Å². The highest BCUT2D eigenvalue weighted by Crippen LogP contribution is 2.14. The number of nitrogens with one attached hydrogen (secondary N) is 2. The fraction of sp³-hybridized carbons (Fsp3) is 0.733. The smallest absolute Gasteiger partial charge is 0.417 e. The first-order valence-electron chi connectivity index (χ1n) is 7.45. The first-order valence-corrected chi connectivity index (χ1v) is 7.45. The van der Waals surface area contributed by atoms with Crippen molar-refractivity contribution >= 4 is 24.1 Å². The van der Waals surface area contributed by atoms with Crippen LogP contribution in [0, 0.1) is 5.41 Å². The molecule has 9 heteroatoms. The van der Waals surface area contributed by atoms with Gasteiger partial charge >= 0.3 is 18.2 Å². The minimum atomic E-state index is -1.15. The lowest BCUT2D eigenvalue weighted by Gasteiger charge is -2.31. The van der Waals surface area contributed by atoms with Gasteiger partial charge in [-0.2, -0.15) is 0 Å². The zero-order valence-corrected chi connectivity index (χ0v) is 15.2. The third-order valence-electron chi connectivity index (χ3n) is 2.36. The maximum absolute atomic E-state index is 12.3. The minimum absolute atomic E-state index is 0.419. The fourth-order valence-corrected chi connectivity index (χ4v) is 1.61. The number of alkyl carbamates (subject to hydrolysis) is 1. The van der Waals surface area contributed by atoms with Crippen molar-refractivity contribution in [3.8, 4) is 0 Å². The molecule has 0 spiro atoms. The zero-order chi connectivity index (χ0) is 19.3. The van der Waals surface area contributed by atoms with Crippen LogP contribution in [0.3, 0.4) is 0 Å². The molecule has 0 aromatic carbocycles. The number of aliphatic carboxylic acids is 1. The Bertz CT molecular complexity index is 504. The van der Waals surface area contributed by atoms with E-state index in [4.69, 9.17) is 20.0 Å². The summed E-state index contributed by atoms with van der Waals surface area (Å²) < 4.78 is 10.2. The monoisotopic (exact) mass is 345 g/mol. The Kier molecular flexibility index (Phi) is 7.21. The van der Waals surface area contributed by atoms with E-state index in [2.05, 4.69) is 5.32 Å². The van der Waals surface area contributed by atoms with Gasteiger partial charge in [-0.25, -0.2) is 14.5 Å². The molecule has 3 N–H and O–H groups in total. The zero-order valence-electron chi connectivity index (χ0n) is 15.2. The van der Waals surface area contributed by atoms with Crippen molar-refractivity contribution in [3.05, 3.63) is 0 Å². The molecule has 0 aliphatic rings. The summed E-state index contributed by atoms with van der Waals surface area (Å²) in [5.74, 6) is -1.77. The van der Waals surface area contributed by atoms with Crippen LogP contribution in [0.25, 0.3) is 0 Å². The van der Waals surface area contributed by atoms with E-state index in [0.717, 1.165) is 4.90 Å². The molecule has 0 saturated carbocycles. The van der Waals surface area contributed by atoms with Gasteiger partial charge in [0.2, 0.25) is 5.96 Å². The molecule has 0 rings (SSSR count). The number of hydrogen-bond acceptors (Lipinski definition) is 6. The van der Waals surface area contributed by atoms with E-state index in [0.29, 0.717) is 0 Å². The Hall–Kier alpha value is -2.32. The second-order valence-corrected chi connectivity index (χ2v) is 7.27. The lowest BCUT2D eigenvalue weighted by Crippen LogP contribution is -2.53.